The van der Waals surface area contributed by atoms with Crippen molar-refractivity contribution in [3.05, 3.63) is 229 Å². The lowest BCUT2D eigenvalue weighted by Gasteiger charge is -2.08. The van der Waals surface area contributed by atoms with E-state index in [-0.39, 0.29) is 22.9 Å². The number of carbonyl (C=O) groups is 2. The second kappa shape index (κ2) is 21.4. The Bertz CT molecular complexity index is 3200. The normalized spacial score (nSPS) is 11.0. The molecule has 2 aromatic carbocycles. The topological polar surface area (TPSA) is 138 Å². The summed E-state index contributed by atoms with van der Waals surface area (Å²) in [5.74, 6) is 0.434. The molecular formula is C50H38Cl2N8O4S4. The van der Waals surface area contributed by atoms with Crippen molar-refractivity contribution in [1.82, 2.24) is 28.7 Å². The Morgan fingerprint density at radius 2 is 1.06 bits per heavy atom. The van der Waals surface area contributed by atoms with Gasteiger partial charge in [0.2, 0.25) is 0 Å². The first-order chi connectivity index (χ1) is 33.2. The van der Waals surface area contributed by atoms with E-state index >= 15 is 0 Å². The summed E-state index contributed by atoms with van der Waals surface area (Å²) in [4.78, 5) is 56.1. The second-order valence-electron chi connectivity index (χ2n) is 15.0. The van der Waals surface area contributed by atoms with E-state index in [2.05, 4.69) is 20.8 Å². The molecule has 10 rings (SSSR count). The molecule has 0 saturated carbocycles. The van der Waals surface area contributed by atoms with Gasteiger partial charge >= 0.3 is 0 Å². The van der Waals surface area contributed by atoms with E-state index in [9.17, 15) is 19.2 Å². The van der Waals surface area contributed by atoms with E-state index < -0.39 is 0 Å². The SMILES string of the molecule is O=C(c1ccccc1)n1nc(-c2cccn(Cc3cccs3)c2=O)cc1NCc1ccc(Cl)s1.O=C(c1ccccc1)n1nc(-c2cccn(Cc3ccsc3)c2=O)cc1NCc1ccc(Cl)s1. The van der Waals surface area contributed by atoms with E-state index in [4.69, 9.17) is 23.2 Å². The van der Waals surface area contributed by atoms with Crippen LogP contribution in [0.2, 0.25) is 8.67 Å². The summed E-state index contributed by atoms with van der Waals surface area (Å²) in [7, 11) is 0. The lowest BCUT2D eigenvalue weighted by Crippen LogP contribution is -2.21. The standard InChI is InChI=1S/2C25H19ClN4O2S2/c26-22-11-10-18(34-22)15-27-23-14-21(28-30(23)24(31)17-6-2-1-3-7-17)20-9-4-12-29(25(20)32)16-19-8-5-13-33-19;26-22-9-8-19(34-22)14-27-23-13-21(28-30(23)24(31)18-5-2-1-3-6-18)20-7-4-11-29(25(20)32)15-17-10-12-33-16-17/h1-14,27H,15-16H2;1-13,16,27H,14-15H2. The van der Waals surface area contributed by atoms with Gasteiger partial charge in [-0.1, -0.05) is 65.7 Å². The lowest BCUT2D eigenvalue weighted by molar-refractivity contribution is 0.0940. The van der Waals surface area contributed by atoms with Crippen LogP contribution in [0.15, 0.2) is 178 Å². The minimum atomic E-state index is -0.284. The fourth-order valence-corrected chi connectivity index (χ4v) is 10.5. The third-order valence-corrected chi connectivity index (χ3v) is 14.5. The first kappa shape index (κ1) is 46.2. The number of thiophene rings is 4. The molecule has 0 aliphatic heterocycles. The van der Waals surface area contributed by atoms with E-state index in [0.717, 1.165) is 20.2 Å². The van der Waals surface area contributed by atoms with Gasteiger partial charge in [0.05, 0.1) is 46.0 Å². The summed E-state index contributed by atoms with van der Waals surface area (Å²) >= 11 is 18.2. The van der Waals surface area contributed by atoms with Gasteiger partial charge in [0, 0.05) is 50.3 Å². The first-order valence-electron chi connectivity index (χ1n) is 21.0. The van der Waals surface area contributed by atoms with Crippen LogP contribution < -0.4 is 21.8 Å². The Morgan fingerprint density at radius 3 is 1.50 bits per heavy atom. The molecule has 8 aromatic heterocycles. The number of hydrogen-bond donors (Lipinski definition) is 2. The van der Waals surface area contributed by atoms with E-state index in [1.165, 1.54) is 32.0 Å². The molecule has 0 saturated heterocycles. The highest BCUT2D eigenvalue weighted by atomic mass is 35.5. The maximum Gasteiger partial charge on any atom is 0.280 e. The number of aromatic nitrogens is 6. The molecule has 68 heavy (non-hydrogen) atoms. The summed E-state index contributed by atoms with van der Waals surface area (Å²) in [6, 6.07) is 41.9. The van der Waals surface area contributed by atoms with Gasteiger partial charge in [-0.3, -0.25) is 19.2 Å². The lowest BCUT2D eigenvalue weighted by atomic mass is 10.2. The zero-order valence-electron chi connectivity index (χ0n) is 35.7. The van der Waals surface area contributed by atoms with Gasteiger partial charge in [-0.15, -0.1) is 34.0 Å². The van der Waals surface area contributed by atoms with Gasteiger partial charge in [-0.25, -0.2) is 0 Å². The molecule has 0 aliphatic rings. The van der Waals surface area contributed by atoms with Crippen molar-refractivity contribution in [3.63, 3.8) is 0 Å². The Morgan fingerprint density at radius 1 is 0.544 bits per heavy atom. The highest BCUT2D eigenvalue weighted by Crippen LogP contribution is 2.27. The molecule has 0 unspecified atom stereocenters. The minimum absolute atomic E-state index is 0.163. The van der Waals surface area contributed by atoms with Gasteiger partial charge in [0.1, 0.15) is 23.0 Å². The van der Waals surface area contributed by atoms with E-state index in [1.807, 2.05) is 82.9 Å². The minimum Gasteiger partial charge on any atom is -0.365 e. The van der Waals surface area contributed by atoms with Crippen molar-refractivity contribution < 1.29 is 9.59 Å². The molecule has 10 aromatic rings. The van der Waals surface area contributed by atoms with Crippen LogP contribution in [-0.4, -0.2) is 40.5 Å². The molecular weight excluding hydrogens is 976 g/mol. The molecule has 0 spiro atoms. The fourth-order valence-electron chi connectivity index (χ4n) is 7.10. The highest BCUT2D eigenvalue weighted by Gasteiger charge is 2.21. The number of nitrogens with zero attached hydrogens (tertiary/aromatic N) is 6. The monoisotopic (exact) mass is 1010 g/mol. The third-order valence-electron chi connectivity index (χ3n) is 10.4. The maximum absolute atomic E-state index is 13.3. The quantitative estimate of drug-likeness (QED) is 0.110. The number of anilines is 2. The predicted octanol–water partition coefficient (Wildman–Crippen LogP) is 11.7. The number of carbonyl (C=O) groups excluding carboxylic acids is 2. The van der Waals surface area contributed by atoms with Crippen LogP contribution in [0.1, 0.15) is 40.9 Å². The molecule has 12 nitrogen and oxygen atoms in total. The van der Waals surface area contributed by atoms with Gasteiger partial charge in [0.25, 0.3) is 22.9 Å². The fraction of sp³-hybridized carbons (Fsp3) is 0.0800. The molecule has 18 heteroatoms. The molecule has 0 aliphatic carbocycles. The zero-order valence-corrected chi connectivity index (χ0v) is 40.5. The number of benzene rings is 2. The van der Waals surface area contributed by atoms with Crippen LogP contribution in [0.4, 0.5) is 11.6 Å². The summed E-state index contributed by atoms with van der Waals surface area (Å²) in [6.45, 7) is 1.91. The number of pyridine rings is 2. The first-order valence-corrected chi connectivity index (χ1v) is 25.2. The van der Waals surface area contributed by atoms with Crippen LogP contribution in [0.3, 0.4) is 0 Å². The van der Waals surface area contributed by atoms with Gasteiger partial charge < -0.3 is 19.8 Å². The predicted molar refractivity (Wildman–Crippen MR) is 276 cm³/mol. The largest absolute Gasteiger partial charge is 0.365 e. The van der Waals surface area contributed by atoms with Crippen LogP contribution in [0, 0.1) is 0 Å². The molecule has 8 heterocycles. The summed E-state index contributed by atoms with van der Waals surface area (Å²) < 4.78 is 7.32. The Kier molecular flexibility index (Phi) is 14.5. The van der Waals surface area contributed by atoms with Crippen molar-refractivity contribution in [2.75, 3.05) is 10.6 Å². The smallest absolute Gasteiger partial charge is 0.280 e. The molecule has 0 bridgehead atoms. The van der Waals surface area contributed by atoms with Crippen molar-refractivity contribution in [3.8, 4) is 22.5 Å². The number of rotatable bonds is 14. The van der Waals surface area contributed by atoms with Gasteiger partial charge in [-0.05, 0) is 107 Å². The summed E-state index contributed by atoms with van der Waals surface area (Å²) in [5, 5.41) is 21.6. The summed E-state index contributed by atoms with van der Waals surface area (Å²) in [6.07, 6.45) is 3.52. The van der Waals surface area contributed by atoms with Crippen LogP contribution in [-0.2, 0) is 26.2 Å². The molecule has 340 valence electrons. The summed E-state index contributed by atoms with van der Waals surface area (Å²) in [5.41, 5.74) is 3.46. The number of halogens is 2. The van der Waals surface area contributed by atoms with Crippen molar-refractivity contribution in [2.45, 2.75) is 26.2 Å². The van der Waals surface area contributed by atoms with Crippen LogP contribution in [0.25, 0.3) is 22.5 Å². The van der Waals surface area contributed by atoms with E-state index in [1.54, 1.807) is 117 Å². The van der Waals surface area contributed by atoms with Crippen LogP contribution >= 0.6 is 68.5 Å². The molecule has 0 fully saturated rings. The van der Waals surface area contributed by atoms with E-state index in [0.29, 0.717) is 80.1 Å². The Hall–Kier alpha value is -6.92. The van der Waals surface area contributed by atoms with Crippen molar-refractivity contribution in [2.24, 2.45) is 0 Å². The Balaban J connectivity index is 0.000000170. The number of hydrogen-bond acceptors (Lipinski definition) is 12. The maximum atomic E-state index is 13.3. The average molecular weight is 1010 g/mol. The Labute approximate surface area is 415 Å². The number of nitrogens with one attached hydrogen (secondary N) is 2. The highest BCUT2D eigenvalue weighted by molar-refractivity contribution is 7.16. The molecule has 0 radical (unpaired) electrons. The molecule has 0 atom stereocenters. The van der Waals surface area contributed by atoms with Crippen molar-refractivity contribution in [1.29, 1.82) is 0 Å². The van der Waals surface area contributed by atoms with Crippen molar-refractivity contribution >= 4 is 92.0 Å². The van der Waals surface area contributed by atoms with Crippen LogP contribution in [0.5, 0.6) is 0 Å². The third kappa shape index (κ3) is 10.9. The zero-order chi connectivity index (χ0) is 47.0. The average Bonchev–Trinajstić information content (AvgIpc) is 4.24. The van der Waals surface area contributed by atoms with Gasteiger partial charge in [0.15, 0.2) is 0 Å². The second-order valence-corrected chi connectivity index (χ2v) is 20.4. The van der Waals surface area contributed by atoms with Gasteiger partial charge in [-0.2, -0.15) is 30.9 Å². The molecule has 2 N–H and O–H groups in total. The molecule has 0 amide bonds.